The molecule has 1 heterocycles. The third kappa shape index (κ3) is 4.29. The highest BCUT2D eigenvalue weighted by molar-refractivity contribution is 9.10. The number of hydrogen-bond donors (Lipinski definition) is 0. The van der Waals surface area contributed by atoms with E-state index in [1.165, 1.54) is 0 Å². The molecule has 2 nitrogen and oxygen atoms in total. The Morgan fingerprint density at radius 1 is 1.05 bits per heavy atom. The minimum Gasteiger partial charge on any atom is -0.226 e. The minimum absolute atomic E-state index is 0.0592. The van der Waals surface area contributed by atoms with Gasteiger partial charge in [0.05, 0.1) is 0 Å². The summed E-state index contributed by atoms with van der Waals surface area (Å²) in [4.78, 5) is 10.2. The molecule has 0 saturated carbocycles. The summed E-state index contributed by atoms with van der Waals surface area (Å²) in [6, 6.07) is 10.1. The summed E-state index contributed by atoms with van der Waals surface area (Å²) in [5.74, 6) is 0.847. The van der Waals surface area contributed by atoms with Gasteiger partial charge >= 0.3 is 0 Å². The van der Waals surface area contributed by atoms with Crippen LogP contribution < -0.4 is 0 Å². The fraction of sp³-hybridized carbons (Fsp3) is 0.286. The van der Waals surface area contributed by atoms with Gasteiger partial charge in [0.1, 0.15) is 15.5 Å². The highest BCUT2D eigenvalue weighted by Gasteiger charge is 2.19. The van der Waals surface area contributed by atoms with E-state index < -0.39 is 0 Å². The molecule has 1 aromatic carbocycles. The summed E-state index contributed by atoms with van der Waals surface area (Å²) in [7, 11) is 0. The second-order valence-electron chi connectivity index (χ2n) is 5.16. The van der Waals surface area contributed by atoms with Crippen molar-refractivity contribution in [2.45, 2.75) is 36.1 Å². The van der Waals surface area contributed by atoms with Gasteiger partial charge in [0.2, 0.25) is 0 Å². The van der Waals surface area contributed by atoms with Gasteiger partial charge in [0.15, 0.2) is 0 Å². The van der Waals surface area contributed by atoms with Crippen LogP contribution in [0.1, 0.15) is 26.6 Å². The van der Waals surface area contributed by atoms with Crippen LogP contribution in [0.3, 0.4) is 0 Å². The summed E-state index contributed by atoms with van der Waals surface area (Å²) in [5, 5.41) is 0.949. The molecule has 0 saturated heterocycles. The molecule has 1 aromatic heterocycles. The molecule has 0 aliphatic rings. The zero-order valence-corrected chi connectivity index (χ0v) is 14.9. The van der Waals surface area contributed by atoms with Crippen LogP contribution in [-0.4, -0.2) is 9.97 Å². The van der Waals surface area contributed by atoms with Gasteiger partial charge in [-0.3, -0.25) is 0 Å². The maximum atomic E-state index is 4.64. The summed E-state index contributed by atoms with van der Waals surface area (Å²) in [6.07, 6.45) is 0. The Labute approximate surface area is 134 Å². The molecule has 19 heavy (non-hydrogen) atoms. The van der Waals surface area contributed by atoms with Crippen molar-refractivity contribution in [3.8, 4) is 0 Å². The van der Waals surface area contributed by atoms with Crippen LogP contribution in [0.25, 0.3) is 0 Å². The van der Waals surface area contributed by atoms with E-state index in [1.807, 2.05) is 18.2 Å². The molecular weight excluding hydrogens is 388 g/mol. The Morgan fingerprint density at radius 3 is 2.42 bits per heavy atom. The van der Waals surface area contributed by atoms with E-state index in [-0.39, 0.29) is 5.41 Å². The first-order valence-electron chi connectivity index (χ1n) is 5.83. The van der Waals surface area contributed by atoms with Crippen molar-refractivity contribution in [3.63, 3.8) is 0 Å². The first kappa shape index (κ1) is 15.0. The maximum absolute atomic E-state index is 4.64. The number of rotatable bonds is 2. The Hall–Kier alpha value is -0.390. The van der Waals surface area contributed by atoms with Crippen molar-refractivity contribution >= 4 is 43.6 Å². The monoisotopic (exact) mass is 400 g/mol. The predicted molar refractivity (Wildman–Crippen MR) is 86.7 cm³/mol. The maximum Gasteiger partial charge on any atom is 0.136 e. The lowest BCUT2D eigenvalue weighted by atomic mass is 9.96. The molecule has 0 aliphatic carbocycles. The molecule has 100 valence electrons. The summed E-state index contributed by atoms with van der Waals surface area (Å²) in [6.45, 7) is 6.34. The van der Waals surface area contributed by atoms with Gasteiger partial charge in [-0.1, -0.05) is 54.5 Å². The molecule has 5 heteroatoms. The molecule has 2 rings (SSSR count). The van der Waals surface area contributed by atoms with Crippen LogP contribution in [0.5, 0.6) is 0 Å². The molecule has 0 spiro atoms. The van der Waals surface area contributed by atoms with Crippen LogP contribution in [0.15, 0.2) is 49.3 Å². The van der Waals surface area contributed by atoms with E-state index >= 15 is 0 Å². The third-order valence-electron chi connectivity index (χ3n) is 2.36. The van der Waals surface area contributed by atoms with E-state index in [9.17, 15) is 0 Å². The second kappa shape index (κ2) is 5.94. The Morgan fingerprint density at radius 2 is 1.79 bits per heavy atom. The fourth-order valence-electron chi connectivity index (χ4n) is 1.44. The predicted octanol–water partition coefficient (Wildman–Crippen LogP) is 5.45. The number of aromatic nitrogens is 2. The minimum atomic E-state index is -0.0592. The van der Waals surface area contributed by atoms with Gasteiger partial charge in [0, 0.05) is 20.8 Å². The number of nitrogens with zero attached hydrogens (tertiary/aromatic N) is 2. The number of halogens is 2. The molecule has 0 atom stereocenters. The molecular formula is C14H14Br2N2S. The number of benzene rings is 1. The van der Waals surface area contributed by atoms with Crippen molar-refractivity contribution in [1.29, 1.82) is 0 Å². The van der Waals surface area contributed by atoms with Crippen molar-refractivity contribution in [2.75, 3.05) is 0 Å². The van der Waals surface area contributed by atoms with Crippen molar-refractivity contribution in [2.24, 2.45) is 0 Å². The normalized spacial score (nSPS) is 11.6. The van der Waals surface area contributed by atoms with Crippen LogP contribution in [0.2, 0.25) is 0 Å². The van der Waals surface area contributed by atoms with Gasteiger partial charge in [-0.05, 0) is 34.1 Å². The Balaban J connectivity index is 2.33. The lowest BCUT2D eigenvalue weighted by Gasteiger charge is -2.17. The summed E-state index contributed by atoms with van der Waals surface area (Å²) < 4.78 is 1.89. The Bertz CT molecular complexity index is 594. The van der Waals surface area contributed by atoms with Crippen molar-refractivity contribution in [1.82, 2.24) is 9.97 Å². The molecule has 0 fully saturated rings. The van der Waals surface area contributed by atoms with Crippen molar-refractivity contribution < 1.29 is 0 Å². The van der Waals surface area contributed by atoms with Gasteiger partial charge in [0.25, 0.3) is 0 Å². The Kier molecular flexibility index (Phi) is 4.69. The molecule has 0 aliphatic heterocycles. The summed E-state index contributed by atoms with van der Waals surface area (Å²) in [5.41, 5.74) is -0.0592. The first-order chi connectivity index (χ1) is 8.84. The van der Waals surface area contributed by atoms with Crippen LogP contribution in [0, 0.1) is 0 Å². The zero-order valence-electron chi connectivity index (χ0n) is 10.9. The van der Waals surface area contributed by atoms with Gasteiger partial charge in [-0.2, -0.15) is 0 Å². The largest absolute Gasteiger partial charge is 0.226 e. The lowest BCUT2D eigenvalue weighted by molar-refractivity contribution is 0.536. The molecule has 0 radical (unpaired) electrons. The van der Waals surface area contributed by atoms with E-state index in [1.54, 1.807) is 11.8 Å². The highest BCUT2D eigenvalue weighted by Crippen LogP contribution is 2.31. The fourth-order valence-corrected chi connectivity index (χ4v) is 3.40. The van der Waals surface area contributed by atoms with Gasteiger partial charge in [-0.25, -0.2) is 9.97 Å². The van der Waals surface area contributed by atoms with Gasteiger partial charge in [-0.15, -0.1) is 0 Å². The van der Waals surface area contributed by atoms with E-state index in [4.69, 9.17) is 0 Å². The SMILES string of the molecule is CC(C)(C)c1nc(Br)cc(Sc2cccc(Br)c2)n1. The average Bonchev–Trinajstić information content (AvgIpc) is 2.26. The average molecular weight is 402 g/mol. The highest BCUT2D eigenvalue weighted by atomic mass is 79.9. The lowest BCUT2D eigenvalue weighted by Crippen LogP contribution is -2.16. The van der Waals surface area contributed by atoms with E-state index in [0.717, 1.165) is 24.8 Å². The van der Waals surface area contributed by atoms with Gasteiger partial charge < -0.3 is 0 Å². The standard InChI is InChI=1S/C14H14Br2N2S/c1-14(2,3)13-17-11(16)8-12(18-13)19-10-6-4-5-9(15)7-10/h4-8H,1-3H3. The van der Waals surface area contributed by atoms with Crippen LogP contribution in [0.4, 0.5) is 0 Å². The zero-order chi connectivity index (χ0) is 14.0. The first-order valence-corrected chi connectivity index (χ1v) is 8.23. The molecule has 0 N–H and O–H groups in total. The third-order valence-corrected chi connectivity index (χ3v) is 4.17. The van der Waals surface area contributed by atoms with E-state index in [2.05, 4.69) is 74.7 Å². The van der Waals surface area contributed by atoms with Crippen LogP contribution >= 0.6 is 43.6 Å². The smallest absolute Gasteiger partial charge is 0.136 e. The molecule has 0 unspecified atom stereocenters. The quantitative estimate of drug-likeness (QED) is 0.625. The second-order valence-corrected chi connectivity index (χ2v) is 7.98. The molecule has 2 aromatic rings. The molecule has 0 bridgehead atoms. The summed E-state index contributed by atoms with van der Waals surface area (Å²) >= 11 is 8.58. The van der Waals surface area contributed by atoms with E-state index in [0.29, 0.717) is 0 Å². The van der Waals surface area contributed by atoms with Crippen molar-refractivity contribution in [3.05, 3.63) is 45.2 Å². The van der Waals surface area contributed by atoms with Crippen LogP contribution in [-0.2, 0) is 5.41 Å². The molecule has 0 amide bonds. The number of hydrogen-bond acceptors (Lipinski definition) is 3. The topological polar surface area (TPSA) is 25.8 Å².